The molecule has 0 bridgehead atoms. The summed E-state index contributed by atoms with van der Waals surface area (Å²) in [6, 6.07) is 13.3. The predicted octanol–water partition coefficient (Wildman–Crippen LogP) is 2.74. The van der Waals surface area contributed by atoms with Crippen LogP contribution in [-0.2, 0) is 4.79 Å². The Balaban J connectivity index is 0.00000144. The molecule has 0 amide bonds. The molecule has 17 heavy (non-hydrogen) atoms. The van der Waals surface area contributed by atoms with E-state index in [-0.39, 0.29) is 18.8 Å². The van der Waals surface area contributed by atoms with Crippen LogP contribution in [0.4, 0.5) is 0 Å². The van der Waals surface area contributed by atoms with Gasteiger partial charge in [-0.2, -0.15) is 0 Å². The minimum absolute atomic E-state index is 0. The van der Waals surface area contributed by atoms with Crippen molar-refractivity contribution in [2.24, 2.45) is 5.73 Å². The molecule has 0 aliphatic rings. The first-order chi connectivity index (χ1) is 7.66. The van der Waals surface area contributed by atoms with Crippen molar-refractivity contribution in [1.82, 2.24) is 0 Å². The van der Waals surface area contributed by atoms with Gasteiger partial charge in [0.2, 0.25) is 0 Å². The number of hydrogen-bond donors (Lipinski definition) is 2. The van der Waals surface area contributed by atoms with Gasteiger partial charge < -0.3 is 10.8 Å². The van der Waals surface area contributed by atoms with E-state index in [1.807, 2.05) is 42.5 Å². The number of fused-ring (bicyclic) bond motifs is 1. The van der Waals surface area contributed by atoms with E-state index in [9.17, 15) is 4.79 Å². The summed E-state index contributed by atoms with van der Waals surface area (Å²) in [5.74, 6) is -0.874. The van der Waals surface area contributed by atoms with Crippen molar-refractivity contribution >= 4 is 29.1 Å². The molecule has 1 atom stereocenters. The van der Waals surface area contributed by atoms with E-state index < -0.39 is 12.0 Å². The molecule has 0 radical (unpaired) electrons. The smallest absolute Gasteiger partial charge is 0.305 e. The van der Waals surface area contributed by atoms with Gasteiger partial charge >= 0.3 is 5.97 Å². The monoisotopic (exact) mass is 251 g/mol. The van der Waals surface area contributed by atoms with E-state index in [0.717, 1.165) is 16.3 Å². The molecular weight excluding hydrogens is 238 g/mol. The van der Waals surface area contributed by atoms with Gasteiger partial charge in [-0.25, -0.2) is 0 Å². The number of aliphatic carboxylic acids is 1. The first-order valence-electron chi connectivity index (χ1n) is 5.13. The van der Waals surface area contributed by atoms with Crippen LogP contribution in [0, 0.1) is 0 Å². The molecule has 0 heterocycles. The van der Waals surface area contributed by atoms with E-state index in [1.165, 1.54) is 0 Å². The van der Waals surface area contributed by atoms with E-state index in [4.69, 9.17) is 10.8 Å². The van der Waals surface area contributed by atoms with Crippen molar-refractivity contribution in [3.8, 4) is 0 Å². The molecule has 3 nitrogen and oxygen atoms in total. The van der Waals surface area contributed by atoms with Crippen LogP contribution >= 0.6 is 12.4 Å². The molecule has 2 aromatic carbocycles. The van der Waals surface area contributed by atoms with Gasteiger partial charge in [-0.1, -0.05) is 36.4 Å². The number of halogens is 1. The van der Waals surface area contributed by atoms with Gasteiger partial charge in [0.1, 0.15) is 0 Å². The number of nitrogens with two attached hydrogens (primary N) is 1. The summed E-state index contributed by atoms with van der Waals surface area (Å²) in [5.41, 5.74) is 6.67. The van der Waals surface area contributed by atoms with Crippen LogP contribution < -0.4 is 5.73 Å². The molecule has 0 aromatic heterocycles. The molecule has 0 aliphatic heterocycles. The highest BCUT2D eigenvalue weighted by atomic mass is 35.5. The van der Waals surface area contributed by atoms with E-state index in [2.05, 4.69) is 0 Å². The second kappa shape index (κ2) is 5.66. The number of carboxylic acids is 1. The van der Waals surface area contributed by atoms with Gasteiger partial charge in [-0.15, -0.1) is 12.4 Å². The zero-order chi connectivity index (χ0) is 11.5. The Bertz CT molecular complexity index is 528. The third-order valence-corrected chi connectivity index (χ3v) is 2.60. The Morgan fingerprint density at radius 2 is 1.82 bits per heavy atom. The summed E-state index contributed by atoms with van der Waals surface area (Å²) in [6.45, 7) is 0. The first-order valence-corrected chi connectivity index (χ1v) is 5.13. The van der Waals surface area contributed by atoms with Crippen molar-refractivity contribution in [1.29, 1.82) is 0 Å². The summed E-state index contributed by atoms with van der Waals surface area (Å²) in [5, 5.41) is 10.9. The van der Waals surface area contributed by atoms with Gasteiger partial charge in [0.05, 0.1) is 6.42 Å². The topological polar surface area (TPSA) is 63.3 Å². The Morgan fingerprint density at radius 1 is 1.18 bits per heavy atom. The van der Waals surface area contributed by atoms with Crippen LogP contribution in [0.1, 0.15) is 18.0 Å². The Hall–Kier alpha value is -1.58. The lowest BCUT2D eigenvalue weighted by Gasteiger charge is -2.10. The molecule has 0 aliphatic carbocycles. The third-order valence-electron chi connectivity index (χ3n) is 2.60. The summed E-state index contributed by atoms with van der Waals surface area (Å²) in [4.78, 5) is 10.6. The van der Waals surface area contributed by atoms with Gasteiger partial charge in [-0.05, 0) is 22.4 Å². The fourth-order valence-electron chi connectivity index (χ4n) is 1.74. The summed E-state index contributed by atoms with van der Waals surface area (Å²) < 4.78 is 0. The van der Waals surface area contributed by atoms with Crippen molar-refractivity contribution in [3.05, 3.63) is 48.0 Å². The van der Waals surface area contributed by atoms with E-state index in [1.54, 1.807) is 0 Å². The summed E-state index contributed by atoms with van der Waals surface area (Å²) in [6.07, 6.45) is -0.0433. The normalized spacial score (nSPS) is 11.8. The standard InChI is InChI=1S/C13H13NO2.ClH/c14-12(8-13(15)16)11-6-5-9-3-1-2-4-10(9)7-11;/h1-7,12H,8,14H2,(H,15,16);1H/t12-;/m0./s1. The molecular formula is C13H14ClNO2. The maximum Gasteiger partial charge on any atom is 0.305 e. The largest absolute Gasteiger partial charge is 0.481 e. The number of hydrogen-bond acceptors (Lipinski definition) is 2. The first kappa shape index (κ1) is 13.5. The Morgan fingerprint density at radius 3 is 2.47 bits per heavy atom. The highest BCUT2D eigenvalue weighted by molar-refractivity contribution is 5.85. The average molecular weight is 252 g/mol. The zero-order valence-corrected chi connectivity index (χ0v) is 9.98. The highest BCUT2D eigenvalue weighted by Gasteiger charge is 2.10. The van der Waals surface area contributed by atoms with Crippen molar-refractivity contribution in [2.45, 2.75) is 12.5 Å². The Labute approximate surface area is 106 Å². The van der Waals surface area contributed by atoms with Crippen LogP contribution in [0.3, 0.4) is 0 Å². The second-order valence-corrected chi connectivity index (χ2v) is 3.81. The van der Waals surface area contributed by atoms with Gasteiger partial charge in [0.25, 0.3) is 0 Å². The van der Waals surface area contributed by atoms with Crippen molar-refractivity contribution in [3.63, 3.8) is 0 Å². The van der Waals surface area contributed by atoms with Crippen LogP contribution in [0.15, 0.2) is 42.5 Å². The lowest BCUT2D eigenvalue weighted by Crippen LogP contribution is -2.14. The number of benzene rings is 2. The maximum absolute atomic E-state index is 10.6. The maximum atomic E-state index is 10.6. The molecule has 2 rings (SSSR count). The zero-order valence-electron chi connectivity index (χ0n) is 9.17. The molecule has 90 valence electrons. The van der Waals surface area contributed by atoms with Crippen LogP contribution in [0.2, 0.25) is 0 Å². The van der Waals surface area contributed by atoms with Crippen molar-refractivity contribution < 1.29 is 9.90 Å². The minimum Gasteiger partial charge on any atom is -0.481 e. The predicted molar refractivity (Wildman–Crippen MR) is 70.4 cm³/mol. The lowest BCUT2D eigenvalue weighted by molar-refractivity contribution is -0.137. The number of rotatable bonds is 3. The van der Waals surface area contributed by atoms with E-state index >= 15 is 0 Å². The third kappa shape index (κ3) is 3.19. The molecule has 2 aromatic rings. The van der Waals surface area contributed by atoms with Crippen LogP contribution in [-0.4, -0.2) is 11.1 Å². The van der Waals surface area contributed by atoms with Crippen LogP contribution in [0.25, 0.3) is 10.8 Å². The molecule has 3 N–H and O–H groups in total. The average Bonchev–Trinajstić information content (AvgIpc) is 2.27. The molecule has 0 spiro atoms. The van der Waals surface area contributed by atoms with Gasteiger partial charge in [0, 0.05) is 6.04 Å². The number of carbonyl (C=O) groups is 1. The fourth-order valence-corrected chi connectivity index (χ4v) is 1.74. The van der Waals surface area contributed by atoms with Gasteiger partial charge in [0.15, 0.2) is 0 Å². The quantitative estimate of drug-likeness (QED) is 0.882. The summed E-state index contributed by atoms with van der Waals surface area (Å²) >= 11 is 0. The van der Waals surface area contributed by atoms with Gasteiger partial charge in [-0.3, -0.25) is 4.79 Å². The second-order valence-electron chi connectivity index (χ2n) is 3.81. The highest BCUT2D eigenvalue weighted by Crippen LogP contribution is 2.20. The molecule has 0 saturated heterocycles. The van der Waals surface area contributed by atoms with Crippen LogP contribution in [0.5, 0.6) is 0 Å². The minimum atomic E-state index is -0.874. The molecule has 0 saturated carbocycles. The molecule has 0 unspecified atom stereocenters. The molecule has 4 heteroatoms. The lowest BCUT2D eigenvalue weighted by atomic mass is 10.0. The summed E-state index contributed by atoms with van der Waals surface area (Å²) in [7, 11) is 0. The molecule has 0 fully saturated rings. The fraction of sp³-hybridized carbons (Fsp3) is 0.154. The number of carboxylic acid groups (broad SMARTS) is 1. The van der Waals surface area contributed by atoms with Crippen molar-refractivity contribution in [2.75, 3.05) is 0 Å². The Kier molecular flexibility index (Phi) is 4.49. The SMILES string of the molecule is Cl.N[C@@H](CC(=O)O)c1ccc2ccccc2c1. The van der Waals surface area contributed by atoms with E-state index in [0.29, 0.717) is 0 Å².